The Morgan fingerprint density at radius 1 is 1.37 bits per heavy atom. The molecule has 0 heterocycles. The standard InChI is InChI=1S/C16H28N2O/c1-5-19-16-9-8-15(11-13(16)2)12-18(4)10-6-7-14(3)17/h8-9,11,14H,5-7,10,12,17H2,1-4H3. The molecule has 0 aliphatic carbocycles. The zero-order valence-electron chi connectivity index (χ0n) is 12.8. The Balaban J connectivity index is 2.45. The molecule has 0 amide bonds. The van der Waals surface area contributed by atoms with Gasteiger partial charge in [-0.15, -0.1) is 0 Å². The van der Waals surface area contributed by atoms with Crippen LogP contribution in [0.3, 0.4) is 0 Å². The van der Waals surface area contributed by atoms with Crippen molar-refractivity contribution in [3.63, 3.8) is 0 Å². The van der Waals surface area contributed by atoms with E-state index in [2.05, 4.69) is 44.0 Å². The van der Waals surface area contributed by atoms with Gasteiger partial charge in [0.05, 0.1) is 6.61 Å². The minimum absolute atomic E-state index is 0.307. The van der Waals surface area contributed by atoms with Crippen molar-refractivity contribution in [3.05, 3.63) is 29.3 Å². The van der Waals surface area contributed by atoms with Crippen LogP contribution in [0.25, 0.3) is 0 Å². The number of rotatable bonds is 8. The maximum Gasteiger partial charge on any atom is 0.122 e. The normalized spacial score (nSPS) is 12.7. The molecule has 1 unspecified atom stereocenters. The van der Waals surface area contributed by atoms with Gasteiger partial charge in [0.1, 0.15) is 5.75 Å². The van der Waals surface area contributed by atoms with Crippen molar-refractivity contribution in [3.8, 4) is 5.75 Å². The van der Waals surface area contributed by atoms with Gasteiger partial charge in [-0.2, -0.15) is 0 Å². The van der Waals surface area contributed by atoms with Crippen LogP contribution >= 0.6 is 0 Å². The molecule has 0 fully saturated rings. The van der Waals surface area contributed by atoms with E-state index < -0.39 is 0 Å². The molecule has 0 saturated carbocycles. The lowest BCUT2D eigenvalue weighted by Crippen LogP contribution is -2.22. The highest BCUT2D eigenvalue weighted by atomic mass is 16.5. The van der Waals surface area contributed by atoms with E-state index in [1.807, 2.05) is 6.92 Å². The van der Waals surface area contributed by atoms with Gasteiger partial charge in [-0.05, 0) is 64.4 Å². The first-order chi connectivity index (χ1) is 9.02. The van der Waals surface area contributed by atoms with Crippen LogP contribution in [0.2, 0.25) is 0 Å². The first-order valence-corrected chi connectivity index (χ1v) is 7.19. The third-order valence-electron chi connectivity index (χ3n) is 3.19. The smallest absolute Gasteiger partial charge is 0.122 e. The van der Waals surface area contributed by atoms with E-state index in [1.54, 1.807) is 0 Å². The predicted octanol–water partition coefficient (Wildman–Crippen LogP) is 2.95. The first kappa shape index (κ1) is 16.0. The maximum atomic E-state index is 5.76. The van der Waals surface area contributed by atoms with Gasteiger partial charge in [0.15, 0.2) is 0 Å². The molecule has 19 heavy (non-hydrogen) atoms. The number of aryl methyl sites for hydroxylation is 1. The summed E-state index contributed by atoms with van der Waals surface area (Å²) in [6.07, 6.45) is 2.25. The minimum atomic E-state index is 0.307. The van der Waals surface area contributed by atoms with E-state index in [1.165, 1.54) is 11.1 Å². The van der Waals surface area contributed by atoms with E-state index in [4.69, 9.17) is 10.5 Å². The number of ether oxygens (including phenoxy) is 1. The molecule has 1 aromatic rings. The summed E-state index contributed by atoms with van der Waals surface area (Å²) in [5.74, 6) is 0.992. The predicted molar refractivity (Wildman–Crippen MR) is 81.6 cm³/mol. The molecule has 1 atom stereocenters. The quantitative estimate of drug-likeness (QED) is 0.784. The third kappa shape index (κ3) is 6.08. The molecule has 3 heteroatoms. The van der Waals surface area contributed by atoms with E-state index in [-0.39, 0.29) is 0 Å². The third-order valence-corrected chi connectivity index (χ3v) is 3.19. The molecule has 0 aliphatic heterocycles. The summed E-state index contributed by atoms with van der Waals surface area (Å²) in [6.45, 7) is 8.97. The molecule has 1 aromatic carbocycles. The van der Waals surface area contributed by atoms with Gasteiger partial charge in [-0.25, -0.2) is 0 Å². The zero-order chi connectivity index (χ0) is 14.3. The van der Waals surface area contributed by atoms with Crippen molar-refractivity contribution in [1.29, 1.82) is 0 Å². The molecule has 0 bridgehead atoms. The molecular formula is C16H28N2O. The summed E-state index contributed by atoms with van der Waals surface area (Å²) in [5, 5.41) is 0. The highest BCUT2D eigenvalue weighted by Gasteiger charge is 2.04. The molecule has 2 N–H and O–H groups in total. The number of benzene rings is 1. The molecule has 0 aliphatic rings. The molecular weight excluding hydrogens is 236 g/mol. The number of hydrogen-bond donors (Lipinski definition) is 1. The summed E-state index contributed by atoms with van der Waals surface area (Å²) in [7, 11) is 2.16. The van der Waals surface area contributed by atoms with Crippen LogP contribution in [0.1, 0.15) is 37.8 Å². The van der Waals surface area contributed by atoms with Crippen molar-refractivity contribution < 1.29 is 4.74 Å². The van der Waals surface area contributed by atoms with Crippen LogP contribution in [0.4, 0.5) is 0 Å². The summed E-state index contributed by atoms with van der Waals surface area (Å²) >= 11 is 0. The van der Waals surface area contributed by atoms with Crippen LogP contribution < -0.4 is 10.5 Å². The van der Waals surface area contributed by atoms with Crippen LogP contribution in [0.15, 0.2) is 18.2 Å². The second-order valence-corrected chi connectivity index (χ2v) is 5.39. The second-order valence-electron chi connectivity index (χ2n) is 5.39. The Morgan fingerprint density at radius 3 is 2.68 bits per heavy atom. The van der Waals surface area contributed by atoms with Crippen molar-refractivity contribution in [2.45, 2.75) is 46.2 Å². The van der Waals surface area contributed by atoms with E-state index in [0.717, 1.165) is 38.3 Å². The Labute approximate surface area is 117 Å². The van der Waals surface area contributed by atoms with Gasteiger partial charge in [-0.1, -0.05) is 12.1 Å². The van der Waals surface area contributed by atoms with Gasteiger partial charge in [-0.3, -0.25) is 0 Å². The van der Waals surface area contributed by atoms with Gasteiger partial charge in [0, 0.05) is 12.6 Å². The topological polar surface area (TPSA) is 38.5 Å². The van der Waals surface area contributed by atoms with Gasteiger partial charge in [0.2, 0.25) is 0 Å². The number of hydrogen-bond acceptors (Lipinski definition) is 3. The molecule has 108 valence electrons. The van der Waals surface area contributed by atoms with E-state index in [0.29, 0.717) is 6.04 Å². The minimum Gasteiger partial charge on any atom is -0.494 e. The average Bonchev–Trinajstić information content (AvgIpc) is 2.32. The van der Waals surface area contributed by atoms with Crippen molar-refractivity contribution in [2.24, 2.45) is 5.73 Å². The van der Waals surface area contributed by atoms with E-state index in [9.17, 15) is 0 Å². The lowest BCUT2D eigenvalue weighted by Gasteiger charge is -2.18. The molecule has 0 aromatic heterocycles. The number of nitrogens with two attached hydrogens (primary N) is 1. The Kier molecular flexibility index (Phi) is 6.89. The van der Waals surface area contributed by atoms with Gasteiger partial charge in [0.25, 0.3) is 0 Å². The maximum absolute atomic E-state index is 5.76. The first-order valence-electron chi connectivity index (χ1n) is 7.19. The molecule has 0 radical (unpaired) electrons. The Bertz CT molecular complexity index is 377. The van der Waals surface area contributed by atoms with Gasteiger partial charge < -0.3 is 15.4 Å². The summed E-state index contributed by atoms with van der Waals surface area (Å²) in [4.78, 5) is 2.34. The molecule has 0 saturated heterocycles. The molecule has 1 rings (SSSR count). The molecule has 3 nitrogen and oxygen atoms in total. The largest absolute Gasteiger partial charge is 0.494 e. The Morgan fingerprint density at radius 2 is 2.11 bits per heavy atom. The van der Waals surface area contributed by atoms with Crippen LogP contribution in [0.5, 0.6) is 5.75 Å². The van der Waals surface area contributed by atoms with Crippen LogP contribution in [0, 0.1) is 6.92 Å². The monoisotopic (exact) mass is 264 g/mol. The lowest BCUT2D eigenvalue weighted by molar-refractivity contribution is 0.314. The zero-order valence-corrected chi connectivity index (χ0v) is 12.8. The summed E-state index contributed by atoms with van der Waals surface area (Å²) < 4.78 is 5.56. The van der Waals surface area contributed by atoms with Gasteiger partial charge >= 0.3 is 0 Å². The fourth-order valence-corrected chi connectivity index (χ4v) is 2.20. The highest BCUT2D eigenvalue weighted by molar-refractivity contribution is 5.36. The highest BCUT2D eigenvalue weighted by Crippen LogP contribution is 2.19. The van der Waals surface area contributed by atoms with E-state index >= 15 is 0 Å². The SMILES string of the molecule is CCOc1ccc(CN(C)CCCC(C)N)cc1C. The lowest BCUT2D eigenvalue weighted by atomic mass is 10.1. The fourth-order valence-electron chi connectivity index (χ4n) is 2.20. The fraction of sp³-hybridized carbons (Fsp3) is 0.625. The second kappa shape index (κ2) is 8.18. The van der Waals surface area contributed by atoms with Crippen molar-refractivity contribution in [2.75, 3.05) is 20.2 Å². The molecule has 0 spiro atoms. The summed E-state index contributed by atoms with van der Waals surface area (Å²) in [6, 6.07) is 6.75. The summed E-state index contributed by atoms with van der Waals surface area (Å²) in [5.41, 5.74) is 8.31. The van der Waals surface area contributed by atoms with Crippen LogP contribution in [-0.2, 0) is 6.54 Å². The Hall–Kier alpha value is -1.06. The van der Waals surface area contributed by atoms with Crippen LogP contribution in [-0.4, -0.2) is 31.1 Å². The van der Waals surface area contributed by atoms with Crippen molar-refractivity contribution in [1.82, 2.24) is 4.90 Å². The van der Waals surface area contributed by atoms with Crippen molar-refractivity contribution >= 4 is 0 Å². The average molecular weight is 264 g/mol. The number of nitrogens with zero attached hydrogens (tertiary/aromatic N) is 1.